The highest BCUT2D eigenvalue weighted by atomic mass is 19.1. The standard InChI is InChI=1S/C12H11FN4O2/c1-17-15-12(14-16-17)8-19-11-5-4-10(13)7-9(11)3-2-6-18/h4-5,7,18H,6,8H2,1H3. The number of aliphatic hydroxyl groups excluding tert-OH is 1. The van der Waals surface area contributed by atoms with E-state index < -0.39 is 5.82 Å². The first-order valence-corrected chi connectivity index (χ1v) is 5.44. The molecule has 1 aromatic heterocycles. The summed E-state index contributed by atoms with van der Waals surface area (Å²) in [5.74, 6) is 5.45. The Labute approximate surface area is 108 Å². The number of tetrazole rings is 1. The molecule has 0 radical (unpaired) electrons. The van der Waals surface area contributed by atoms with E-state index in [4.69, 9.17) is 9.84 Å². The first kappa shape index (κ1) is 13.0. The largest absolute Gasteiger partial charge is 0.484 e. The van der Waals surface area contributed by atoms with Crippen LogP contribution in [0.25, 0.3) is 0 Å². The molecule has 98 valence electrons. The molecule has 0 aliphatic heterocycles. The van der Waals surface area contributed by atoms with Crippen LogP contribution in [0, 0.1) is 17.7 Å². The summed E-state index contributed by atoms with van der Waals surface area (Å²) >= 11 is 0. The predicted octanol–water partition coefficient (Wildman–Crippen LogP) is 0.272. The van der Waals surface area contributed by atoms with Crippen LogP contribution < -0.4 is 4.74 Å². The van der Waals surface area contributed by atoms with E-state index in [2.05, 4.69) is 27.3 Å². The smallest absolute Gasteiger partial charge is 0.212 e. The fourth-order valence-corrected chi connectivity index (χ4v) is 1.38. The first-order valence-electron chi connectivity index (χ1n) is 5.44. The van der Waals surface area contributed by atoms with Gasteiger partial charge < -0.3 is 9.84 Å². The van der Waals surface area contributed by atoms with Crippen molar-refractivity contribution in [3.05, 3.63) is 35.4 Å². The number of hydrogen-bond donors (Lipinski definition) is 1. The molecule has 1 N–H and O–H groups in total. The van der Waals surface area contributed by atoms with Crippen molar-refractivity contribution in [3.8, 4) is 17.6 Å². The molecular weight excluding hydrogens is 251 g/mol. The molecule has 19 heavy (non-hydrogen) atoms. The number of rotatable bonds is 3. The predicted molar refractivity (Wildman–Crippen MR) is 63.5 cm³/mol. The van der Waals surface area contributed by atoms with Gasteiger partial charge in [0, 0.05) is 0 Å². The minimum Gasteiger partial charge on any atom is -0.484 e. The number of aromatic nitrogens is 4. The highest BCUT2D eigenvalue weighted by molar-refractivity contribution is 5.46. The van der Waals surface area contributed by atoms with Crippen LogP contribution in [-0.2, 0) is 13.7 Å². The van der Waals surface area contributed by atoms with Crippen molar-refractivity contribution >= 4 is 0 Å². The van der Waals surface area contributed by atoms with Crippen LogP contribution >= 0.6 is 0 Å². The lowest BCUT2D eigenvalue weighted by Crippen LogP contribution is -2.00. The number of aryl methyl sites for hydroxylation is 1. The Morgan fingerprint density at radius 2 is 2.32 bits per heavy atom. The molecule has 0 atom stereocenters. The molecule has 2 aromatic rings. The van der Waals surface area contributed by atoms with E-state index in [0.29, 0.717) is 17.1 Å². The molecule has 6 nitrogen and oxygen atoms in total. The van der Waals surface area contributed by atoms with Crippen LogP contribution in [0.5, 0.6) is 5.75 Å². The second-order valence-electron chi connectivity index (χ2n) is 3.58. The number of hydrogen-bond acceptors (Lipinski definition) is 5. The van der Waals surface area contributed by atoms with E-state index in [1.54, 1.807) is 7.05 Å². The van der Waals surface area contributed by atoms with E-state index in [9.17, 15) is 4.39 Å². The lowest BCUT2D eigenvalue weighted by atomic mass is 10.2. The maximum atomic E-state index is 13.1. The van der Waals surface area contributed by atoms with Gasteiger partial charge in [-0.05, 0) is 23.4 Å². The molecule has 0 aliphatic carbocycles. The highest BCUT2D eigenvalue weighted by Gasteiger charge is 2.06. The second-order valence-corrected chi connectivity index (χ2v) is 3.58. The Bertz CT molecular complexity index is 630. The monoisotopic (exact) mass is 262 g/mol. The fourth-order valence-electron chi connectivity index (χ4n) is 1.38. The summed E-state index contributed by atoms with van der Waals surface area (Å²) in [6, 6.07) is 3.97. The van der Waals surface area contributed by atoms with Gasteiger partial charge in [-0.25, -0.2) is 4.39 Å². The fraction of sp³-hybridized carbons (Fsp3) is 0.250. The van der Waals surface area contributed by atoms with Gasteiger partial charge in [-0.15, -0.1) is 10.2 Å². The zero-order chi connectivity index (χ0) is 13.7. The third-order valence-electron chi connectivity index (χ3n) is 2.15. The quantitative estimate of drug-likeness (QED) is 0.804. The molecule has 0 spiro atoms. The lowest BCUT2D eigenvalue weighted by molar-refractivity contribution is 0.294. The topological polar surface area (TPSA) is 73.1 Å². The molecule has 7 heteroatoms. The molecule has 0 unspecified atom stereocenters. The van der Waals surface area contributed by atoms with Gasteiger partial charge in [0.05, 0.1) is 12.6 Å². The third-order valence-corrected chi connectivity index (χ3v) is 2.15. The zero-order valence-corrected chi connectivity index (χ0v) is 10.2. The molecule has 0 aliphatic rings. The molecule has 2 rings (SSSR count). The van der Waals surface area contributed by atoms with Crippen molar-refractivity contribution in [2.24, 2.45) is 7.05 Å². The normalized spacial score (nSPS) is 9.84. The van der Waals surface area contributed by atoms with E-state index in [-0.39, 0.29) is 13.2 Å². The SMILES string of the molecule is Cn1nnc(COc2ccc(F)cc2C#CCO)n1. The van der Waals surface area contributed by atoms with Crippen molar-refractivity contribution in [3.63, 3.8) is 0 Å². The number of aliphatic hydroxyl groups is 1. The van der Waals surface area contributed by atoms with Crippen LogP contribution in [0.1, 0.15) is 11.4 Å². The minimum atomic E-state index is -0.424. The van der Waals surface area contributed by atoms with Crippen molar-refractivity contribution < 1.29 is 14.2 Å². The number of nitrogens with zero attached hydrogens (tertiary/aromatic N) is 4. The van der Waals surface area contributed by atoms with Crippen molar-refractivity contribution in [1.29, 1.82) is 0 Å². The lowest BCUT2D eigenvalue weighted by Gasteiger charge is -2.05. The Hall–Kier alpha value is -2.46. The first-order chi connectivity index (χ1) is 9.19. The Kier molecular flexibility index (Phi) is 4.05. The summed E-state index contributed by atoms with van der Waals surface area (Å²) in [4.78, 5) is 1.32. The van der Waals surface area contributed by atoms with Crippen LogP contribution in [0.15, 0.2) is 18.2 Å². The molecule has 0 fully saturated rings. The average molecular weight is 262 g/mol. The molecule has 0 saturated heterocycles. The van der Waals surface area contributed by atoms with E-state index in [0.717, 1.165) is 0 Å². The summed E-state index contributed by atoms with van der Waals surface area (Å²) < 4.78 is 18.6. The maximum Gasteiger partial charge on any atom is 0.212 e. The van der Waals surface area contributed by atoms with E-state index >= 15 is 0 Å². The molecule has 0 saturated carbocycles. The van der Waals surface area contributed by atoms with Gasteiger partial charge in [0.25, 0.3) is 0 Å². The number of benzene rings is 1. The average Bonchev–Trinajstić information content (AvgIpc) is 2.81. The number of halogens is 1. The third kappa shape index (κ3) is 3.50. The number of ether oxygens (including phenoxy) is 1. The van der Waals surface area contributed by atoms with Crippen LogP contribution in [0.4, 0.5) is 4.39 Å². The summed E-state index contributed by atoms with van der Waals surface area (Å²) in [5.41, 5.74) is 0.359. The van der Waals surface area contributed by atoms with E-state index in [1.807, 2.05) is 0 Å². The summed E-state index contributed by atoms with van der Waals surface area (Å²) in [6.45, 7) is -0.199. The van der Waals surface area contributed by atoms with Crippen LogP contribution in [0.3, 0.4) is 0 Å². The highest BCUT2D eigenvalue weighted by Crippen LogP contribution is 2.19. The van der Waals surface area contributed by atoms with Gasteiger partial charge in [0.2, 0.25) is 5.82 Å². The molecular formula is C12H11FN4O2. The molecule has 1 heterocycles. The van der Waals surface area contributed by atoms with Crippen LogP contribution in [-0.4, -0.2) is 31.9 Å². The summed E-state index contributed by atoms with van der Waals surface area (Å²) in [5, 5.41) is 20.1. The van der Waals surface area contributed by atoms with Gasteiger partial charge in [-0.2, -0.15) is 4.80 Å². The second kappa shape index (κ2) is 5.93. The Balaban J connectivity index is 2.15. The van der Waals surface area contributed by atoms with Gasteiger partial charge in [0.15, 0.2) is 6.61 Å². The zero-order valence-electron chi connectivity index (χ0n) is 10.2. The van der Waals surface area contributed by atoms with Gasteiger partial charge in [-0.3, -0.25) is 0 Å². The Morgan fingerprint density at radius 3 is 3.00 bits per heavy atom. The van der Waals surface area contributed by atoms with Crippen molar-refractivity contribution in [2.75, 3.05) is 6.61 Å². The van der Waals surface area contributed by atoms with Gasteiger partial charge in [-0.1, -0.05) is 11.8 Å². The minimum absolute atomic E-state index is 0.104. The van der Waals surface area contributed by atoms with Gasteiger partial charge in [0.1, 0.15) is 18.2 Å². The summed E-state index contributed by atoms with van der Waals surface area (Å²) in [7, 11) is 1.65. The van der Waals surface area contributed by atoms with Crippen molar-refractivity contribution in [1.82, 2.24) is 20.2 Å². The van der Waals surface area contributed by atoms with Crippen LogP contribution in [0.2, 0.25) is 0 Å². The molecule has 0 bridgehead atoms. The molecule has 0 amide bonds. The molecule has 1 aromatic carbocycles. The Morgan fingerprint density at radius 1 is 1.47 bits per heavy atom. The maximum absolute atomic E-state index is 13.1. The van der Waals surface area contributed by atoms with E-state index in [1.165, 1.54) is 23.0 Å². The van der Waals surface area contributed by atoms with Gasteiger partial charge >= 0.3 is 0 Å². The summed E-state index contributed by atoms with van der Waals surface area (Å²) in [6.07, 6.45) is 0. The van der Waals surface area contributed by atoms with Crippen molar-refractivity contribution in [2.45, 2.75) is 6.61 Å².